The van der Waals surface area contributed by atoms with Crippen molar-refractivity contribution in [1.29, 1.82) is 0 Å². The summed E-state index contributed by atoms with van der Waals surface area (Å²) in [7, 11) is 3.87. The number of non-ortho nitro benzene ring substituents is 1. The predicted molar refractivity (Wildman–Crippen MR) is 124 cm³/mol. The fourth-order valence-electron chi connectivity index (χ4n) is 3.88. The zero-order valence-corrected chi connectivity index (χ0v) is 18.5. The molecule has 1 amide bonds. The zero-order valence-electron chi connectivity index (χ0n) is 18.5. The van der Waals surface area contributed by atoms with Crippen molar-refractivity contribution < 1.29 is 14.1 Å². The fraction of sp³-hybridized carbons (Fsp3) is 0.348. The lowest BCUT2D eigenvalue weighted by Gasteiger charge is -2.29. The van der Waals surface area contributed by atoms with Gasteiger partial charge in [-0.05, 0) is 43.9 Å². The Morgan fingerprint density at radius 1 is 1.12 bits per heavy atom. The van der Waals surface area contributed by atoms with Crippen molar-refractivity contribution in [2.24, 2.45) is 0 Å². The summed E-state index contributed by atoms with van der Waals surface area (Å²) in [5.41, 5.74) is 0.523. The summed E-state index contributed by atoms with van der Waals surface area (Å²) in [6.07, 6.45) is 5.17. The summed E-state index contributed by atoms with van der Waals surface area (Å²) in [6.45, 7) is 0. The first-order chi connectivity index (χ1) is 15.9. The van der Waals surface area contributed by atoms with Crippen LogP contribution in [0.1, 0.15) is 36.2 Å². The van der Waals surface area contributed by atoms with Gasteiger partial charge >= 0.3 is 0 Å². The first kappa shape index (κ1) is 22.3. The number of nitrogens with one attached hydrogen (secondary N) is 2. The van der Waals surface area contributed by atoms with E-state index in [1.165, 1.54) is 12.1 Å². The minimum atomic E-state index is -0.462. The maximum Gasteiger partial charge on any atom is 0.287 e. The van der Waals surface area contributed by atoms with Crippen LogP contribution in [-0.2, 0) is 0 Å². The van der Waals surface area contributed by atoms with Gasteiger partial charge < -0.3 is 20.0 Å². The first-order valence-corrected chi connectivity index (χ1v) is 10.8. The molecule has 0 bridgehead atoms. The molecule has 1 aliphatic rings. The average molecular weight is 450 g/mol. The Balaban J connectivity index is 1.30. The quantitative estimate of drug-likeness (QED) is 0.410. The average Bonchev–Trinajstić information content (AvgIpc) is 3.31. The minimum absolute atomic E-state index is 0.0286. The molecule has 0 aliphatic heterocycles. The van der Waals surface area contributed by atoms with Crippen LogP contribution in [0.3, 0.4) is 0 Å². The SMILES string of the molecule is CN(C)c1ccnc(NC2CCC(NC(=O)c3ccc(-c4cccc([N+](=O)[O-])c4)o3)CC2)n1. The Labute approximate surface area is 191 Å². The van der Waals surface area contributed by atoms with Gasteiger partial charge in [0.15, 0.2) is 5.76 Å². The van der Waals surface area contributed by atoms with Gasteiger partial charge in [-0.25, -0.2) is 4.98 Å². The van der Waals surface area contributed by atoms with E-state index in [9.17, 15) is 14.9 Å². The van der Waals surface area contributed by atoms with Crippen LogP contribution in [0.5, 0.6) is 0 Å². The highest BCUT2D eigenvalue weighted by Crippen LogP contribution is 2.26. The van der Waals surface area contributed by atoms with Gasteiger partial charge in [-0.2, -0.15) is 4.98 Å². The third-order valence-electron chi connectivity index (χ3n) is 5.67. The molecule has 1 aliphatic carbocycles. The van der Waals surface area contributed by atoms with Crippen LogP contribution in [-0.4, -0.2) is 47.0 Å². The second kappa shape index (κ2) is 9.68. The van der Waals surface area contributed by atoms with E-state index in [1.54, 1.807) is 30.5 Å². The molecule has 33 heavy (non-hydrogen) atoms. The van der Waals surface area contributed by atoms with Gasteiger partial charge in [-0.1, -0.05) is 12.1 Å². The van der Waals surface area contributed by atoms with Crippen LogP contribution in [0, 0.1) is 10.1 Å². The third kappa shape index (κ3) is 5.46. The van der Waals surface area contributed by atoms with Crippen LogP contribution < -0.4 is 15.5 Å². The number of nitrogens with zero attached hydrogens (tertiary/aromatic N) is 4. The van der Waals surface area contributed by atoms with Gasteiger partial charge in [-0.15, -0.1) is 0 Å². The van der Waals surface area contributed by atoms with E-state index in [-0.39, 0.29) is 29.4 Å². The van der Waals surface area contributed by atoms with Gasteiger partial charge in [-0.3, -0.25) is 14.9 Å². The van der Waals surface area contributed by atoms with Crippen LogP contribution >= 0.6 is 0 Å². The number of hydrogen-bond acceptors (Lipinski definition) is 8. The lowest BCUT2D eigenvalue weighted by molar-refractivity contribution is -0.384. The monoisotopic (exact) mass is 450 g/mol. The summed E-state index contributed by atoms with van der Waals surface area (Å²) < 4.78 is 5.67. The summed E-state index contributed by atoms with van der Waals surface area (Å²) in [4.78, 5) is 33.9. The maximum atomic E-state index is 12.7. The Morgan fingerprint density at radius 3 is 2.61 bits per heavy atom. The number of nitro benzene ring substituents is 1. The second-order valence-electron chi connectivity index (χ2n) is 8.27. The lowest BCUT2D eigenvalue weighted by atomic mass is 9.91. The summed E-state index contributed by atoms with van der Waals surface area (Å²) in [5.74, 6) is 1.77. The van der Waals surface area contributed by atoms with Crippen LogP contribution in [0.25, 0.3) is 11.3 Å². The molecule has 172 valence electrons. The fourth-order valence-corrected chi connectivity index (χ4v) is 3.88. The number of aromatic nitrogens is 2. The van der Waals surface area contributed by atoms with E-state index in [0.29, 0.717) is 17.3 Å². The van der Waals surface area contributed by atoms with Crippen molar-refractivity contribution in [1.82, 2.24) is 15.3 Å². The van der Waals surface area contributed by atoms with Gasteiger partial charge in [0.2, 0.25) is 5.95 Å². The number of hydrogen-bond donors (Lipinski definition) is 2. The minimum Gasteiger partial charge on any atom is -0.451 e. The number of carbonyl (C=O) groups is 1. The smallest absolute Gasteiger partial charge is 0.287 e. The topological polar surface area (TPSA) is 126 Å². The normalized spacial score (nSPS) is 17.9. The number of furan rings is 1. The summed E-state index contributed by atoms with van der Waals surface area (Å²) in [6, 6.07) is 11.5. The molecular weight excluding hydrogens is 424 g/mol. The Bertz CT molecular complexity index is 1140. The van der Waals surface area contributed by atoms with E-state index < -0.39 is 4.92 Å². The number of benzene rings is 1. The van der Waals surface area contributed by atoms with Crippen molar-refractivity contribution in [3.05, 3.63) is 64.5 Å². The predicted octanol–water partition coefficient (Wildman–Crippen LogP) is 3.86. The molecule has 10 nitrogen and oxygen atoms in total. The summed E-state index contributed by atoms with van der Waals surface area (Å²) in [5, 5.41) is 17.4. The molecule has 2 heterocycles. The molecule has 2 aromatic heterocycles. The molecule has 4 rings (SSSR count). The lowest BCUT2D eigenvalue weighted by Crippen LogP contribution is -2.40. The molecule has 0 saturated heterocycles. The molecule has 1 aromatic carbocycles. The number of rotatable bonds is 7. The van der Waals surface area contributed by atoms with E-state index in [4.69, 9.17) is 4.42 Å². The highest BCUT2D eigenvalue weighted by molar-refractivity contribution is 5.92. The standard InChI is InChI=1S/C23H26N6O4/c1-28(2)21-12-13-24-23(27-21)26-17-8-6-16(7-9-17)25-22(30)20-11-10-19(33-20)15-4-3-5-18(14-15)29(31)32/h3-5,10-14,16-17H,6-9H2,1-2H3,(H,25,30)(H,24,26,27). The number of carbonyl (C=O) groups excluding carboxylic acids is 1. The molecule has 3 aromatic rings. The molecule has 2 N–H and O–H groups in total. The number of anilines is 2. The Kier molecular flexibility index (Phi) is 6.53. The van der Waals surface area contributed by atoms with Gasteiger partial charge in [0.05, 0.1) is 4.92 Å². The van der Waals surface area contributed by atoms with Gasteiger partial charge in [0, 0.05) is 50.1 Å². The molecule has 1 saturated carbocycles. The first-order valence-electron chi connectivity index (χ1n) is 10.8. The van der Waals surface area contributed by atoms with E-state index in [1.807, 2.05) is 25.1 Å². The Morgan fingerprint density at radius 2 is 1.88 bits per heavy atom. The highest BCUT2D eigenvalue weighted by Gasteiger charge is 2.24. The zero-order chi connectivity index (χ0) is 23.4. The van der Waals surface area contributed by atoms with Crippen molar-refractivity contribution >= 4 is 23.4 Å². The van der Waals surface area contributed by atoms with E-state index >= 15 is 0 Å². The number of nitro groups is 1. The largest absolute Gasteiger partial charge is 0.451 e. The highest BCUT2D eigenvalue weighted by atomic mass is 16.6. The number of amides is 1. The molecular formula is C23H26N6O4. The van der Waals surface area contributed by atoms with E-state index in [0.717, 1.165) is 31.5 Å². The Hall–Kier alpha value is -3.95. The second-order valence-corrected chi connectivity index (χ2v) is 8.27. The molecule has 10 heteroatoms. The molecule has 0 atom stereocenters. The molecule has 1 fully saturated rings. The molecule has 0 radical (unpaired) electrons. The summed E-state index contributed by atoms with van der Waals surface area (Å²) >= 11 is 0. The van der Waals surface area contributed by atoms with E-state index in [2.05, 4.69) is 20.6 Å². The van der Waals surface area contributed by atoms with Crippen LogP contribution in [0.4, 0.5) is 17.5 Å². The van der Waals surface area contributed by atoms with Crippen molar-refractivity contribution in [2.45, 2.75) is 37.8 Å². The van der Waals surface area contributed by atoms with Crippen molar-refractivity contribution in [2.75, 3.05) is 24.3 Å². The van der Waals surface area contributed by atoms with Gasteiger partial charge in [0.25, 0.3) is 11.6 Å². The molecule has 0 spiro atoms. The van der Waals surface area contributed by atoms with Crippen LogP contribution in [0.2, 0.25) is 0 Å². The van der Waals surface area contributed by atoms with Gasteiger partial charge in [0.1, 0.15) is 11.6 Å². The van der Waals surface area contributed by atoms with Crippen LogP contribution in [0.15, 0.2) is 53.1 Å². The third-order valence-corrected chi connectivity index (χ3v) is 5.67. The van der Waals surface area contributed by atoms with Crippen molar-refractivity contribution in [3.8, 4) is 11.3 Å². The maximum absolute atomic E-state index is 12.7. The molecule has 0 unspecified atom stereocenters. The van der Waals surface area contributed by atoms with Crippen molar-refractivity contribution in [3.63, 3.8) is 0 Å².